The summed E-state index contributed by atoms with van der Waals surface area (Å²) in [5, 5.41) is 34.8. The maximum absolute atomic E-state index is 10.9. The highest BCUT2D eigenvalue weighted by atomic mass is 16.5. The molecule has 0 saturated heterocycles. The number of nitrogens with one attached hydrogen (secondary N) is 2. The van der Waals surface area contributed by atoms with Gasteiger partial charge in [0.05, 0.1) is 11.6 Å². The van der Waals surface area contributed by atoms with Crippen LogP contribution >= 0.6 is 0 Å². The predicted octanol–water partition coefficient (Wildman–Crippen LogP) is 2.98. The lowest BCUT2D eigenvalue weighted by atomic mass is 9.86. The van der Waals surface area contributed by atoms with Crippen molar-refractivity contribution in [3.63, 3.8) is 0 Å². The molecule has 0 bridgehead atoms. The van der Waals surface area contributed by atoms with Gasteiger partial charge in [-0.2, -0.15) is 10.5 Å². The number of hydrogen-bond donors (Lipinski definition) is 3. The Morgan fingerprint density at radius 3 is 2.54 bits per heavy atom. The van der Waals surface area contributed by atoms with Crippen LogP contribution in [0.1, 0.15) is 36.6 Å². The number of anilines is 1. The van der Waals surface area contributed by atoms with Gasteiger partial charge in [-0.05, 0) is 51.1 Å². The summed E-state index contributed by atoms with van der Waals surface area (Å²) in [4.78, 5) is 4.57. The number of aliphatic imine (C=N–C) groups is 1. The number of aliphatic hydroxyl groups is 1. The van der Waals surface area contributed by atoms with E-state index in [4.69, 9.17) is 10.00 Å². The summed E-state index contributed by atoms with van der Waals surface area (Å²) in [5.41, 5.74) is 2.00. The molecule has 0 spiro atoms. The molecule has 7 nitrogen and oxygen atoms in total. The molecular weight excluding hydrogens is 354 g/mol. The maximum Gasteiger partial charge on any atom is 0.209 e. The van der Waals surface area contributed by atoms with Gasteiger partial charge >= 0.3 is 0 Å². The van der Waals surface area contributed by atoms with E-state index < -0.39 is 17.7 Å². The van der Waals surface area contributed by atoms with Crippen LogP contribution in [0.4, 0.5) is 5.69 Å². The van der Waals surface area contributed by atoms with Gasteiger partial charge in [0.2, 0.25) is 5.96 Å². The standard InChI is InChI=1S/C21H21N5O2/c1-13-4-7-15(8-5-13)25-20(24-12-23)26-18-16-10-14(11-22)6-9-17(16)28-21(2,3)19(18)27/h4-10,18-19,27H,1-3H3,(H2,24,25,26)/t18-,19+/m1/s1. The van der Waals surface area contributed by atoms with Gasteiger partial charge in [0, 0.05) is 11.3 Å². The third-order valence-corrected chi connectivity index (χ3v) is 4.60. The molecule has 2 aromatic carbocycles. The molecule has 1 heterocycles. The van der Waals surface area contributed by atoms with Crippen molar-refractivity contribution in [2.24, 2.45) is 4.99 Å². The highest BCUT2D eigenvalue weighted by Crippen LogP contribution is 2.42. The summed E-state index contributed by atoms with van der Waals surface area (Å²) in [6, 6.07) is 14.0. The lowest BCUT2D eigenvalue weighted by Crippen LogP contribution is -2.49. The Balaban J connectivity index is 2.03. The molecule has 1 aliphatic heterocycles. The first-order chi connectivity index (χ1) is 13.3. The van der Waals surface area contributed by atoms with Crippen molar-refractivity contribution < 1.29 is 9.84 Å². The molecule has 142 valence electrons. The van der Waals surface area contributed by atoms with Crippen molar-refractivity contribution in [1.29, 1.82) is 10.5 Å². The lowest BCUT2D eigenvalue weighted by Gasteiger charge is -2.40. The molecule has 7 heteroatoms. The van der Waals surface area contributed by atoms with Crippen molar-refractivity contribution in [2.45, 2.75) is 38.5 Å². The van der Waals surface area contributed by atoms with E-state index in [-0.39, 0.29) is 5.96 Å². The summed E-state index contributed by atoms with van der Waals surface area (Å²) in [6.07, 6.45) is 0.880. The van der Waals surface area contributed by atoms with Crippen LogP contribution in [0.15, 0.2) is 47.5 Å². The second kappa shape index (κ2) is 7.59. The Morgan fingerprint density at radius 1 is 1.18 bits per heavy atom. The Hall–Kier alpha value is -3.55. The third-order valence-electron chi connectivity index (χ3n) is 4.60. The first kappa shape index (κ1) is 19.2. The molecule has 0 unspecified atom stereocenters. The van der Waals surface area contributed by atoms with Gasteiger partial charge in [-0.1, -0.05) is 17.7 Å². The highest BCUT2D eigenvalue weighted by Gasteiger charge is 2.43. The zero-order valence-corrected chi connectivity index (χ0v) is 15.9. The second-order valence-corrected chi connectivity index (χ2v) is 7.17. The average Bonchev–Trinajstić information content (AvgIpc) is 2.67. The highest BCUT2D eigenvalue weighted by molar-refractivity contribution is 5.94. The van der Waals surface area contributed by atoms with E-state index >= 15 is 0 Å². The summed E-state index contributed by atoms with van der Waals surface area (Å²) in [6.45, 7) is 5.52. The lowest BCUT2D eigenvalue weighted by molar-refractivity contribution is -0.0567. The molecule has 0 amide bonds. The SMILES string of the molecule is Cc1ccc(NC(=N[C@@H]2c3cc(C#N)ccc3OC(C)(C)[C@H]2O)NC#N)cc1. The van der Waals surface area contributed by atoms with Crippen molar-refractivity contribution in [1.82, 2.24) is 5.32 Å². The van der Waals surface area contributed by atoms with Gasteiger partial charge in [-0.15, -0.1) is 0 Å². The quantitative estimate of drug-likeness (QED) is 0.322. The Bertz CT molecular complexity index is 983. The van der Waals surface area contributed by atoms with Crippen LogP contribution in [0, 0.1) is 29.7 Å². The number of hydrogen-bond acceptors (Lipinski definition) is 5. The number of rotatable bonds is 2. The normalized spacial score (nSPS) is 20.1. The topological polar surface area (TPSA) is 113 Å². The fraction of sp³-hybridized carbons (Fsp3) is 0.286. The van der Waals surface area contributed by atoms with Crippen molar-refractivity contribution in [3.8, 4) is 18.0 Å². The molecule has 0 fully saturated rings. The van der Waals surface area contributed by atoms with E-state index in [1.165, 1.54) is 0 Å². The molecule has 1 aliphatic rings. The molecule has 0 radical (unpaired) electrons. The number of nitriles is 2. The fourth-order valence-corrected chi connectivity index (χ4v) is 3.04. The number of guanidine groups is 1. The number of nitrogens with zero attached hydrogens (tertiary/aromatic N) is 3. The van der Waals surface area contributed by atoms with E-state index in [1.54, 1.807) is 32.0 Å². The van der Waals surface area contributed by atoms with E-state index in [0.717, 1.165) is 11.3 Å². The number of aliphatic hydroxyl groups excluding tert-OH is 1. The molecule has 0 saturated carbocycles. The first-order valence-corrected chi connectivity index (χ1v) is 8.82. The van der Waals surface area contributed by atoms with Crippen LogP contribution in [-0.2, 0) is 0 Å². The summed E-state index contributed by atoms with van der Waals surface area (Å²) in [5.74, 6) is 0.746. The minimum absolute atomic E-state index is 0.196. The van der Waals surface area contributed by atoms with Crippen LogP contribution in [0.25, 0.3) is 0 Å². The Morgan fingerprint density at radius 2 is 1.89 bits per heavy atom. The van der Waals surface area contributed by atoms with Gasteiger partial charge in [-0.3, -0.25) is 5.32 Å². The smallest absolute Gasteiger partial charge is 0.209 e. The average molecular weight is 375 g/mol. The predicted molar refractivity (Wildman–Crippen MR) is 106 cm³/mol. The number of ether oxygens (including phenoxy) is 1. The molecule has 0 aromatic heterocycles. The number of fused-ring (bicyclic) bond motifs is 1. The van der Waals surface area contributed by atoms with Crippen LogP contribution in [0.3, 0.4) is 0 Å². The maximum atomic E-state index is 10.9. The fourth-order valence-electron chi connectivity index (χ4n) is 3.04. The van der Waals surface area contributed by atoms with Crippen molar-refractivity contribution in [3.05, 3.63) is 59.2 Å². The largest absolute Gasteiger partial charge is 0.485 e. The molecule has 2 aromatic rings. The van der Waals surface area contributed by atoms with Gasteiger partial charge in [0.1, 0.15) is 23.5 Å². The zero-order chi connectivity index (χ0) is 20.3. The number of benzene rings is 2. The molecule has 3 rings (SSSR count). The van der Waals surface area contributed by atoms with E-state index in [0.29, 0.717) is 16.9 Å². The summed E-state index contributed by atoms with van der Waals surface area (Å²) < 4.78 is 5.90. The zero-order valence-electron chi connectivity index (χ0n) is 15.9. The monoisotopic (exact) mass is 375 g/mol. The summed E-state index contributed by atoms with van der Waals surface area (Å²) in [7, 11) is 0. The first-order valence-electron chi connectivity index (χ1n) is 8.82. The Labute approximate surface area is 163 Å². The van der Waals surface area contributed by atoms with Crippen LogP contribution < -0.4 is 15.4 Å². The van der Waals surface area contributed by atoms with E-state index in [9.17, 15) is 10.4 Å². The van der Waals surface area contributed by atoms with E-state index in [2.05, 4.69) is 21.7 Å². The molecule has 28 heavy (non-hydrogen) atoms. The Kier molecular flexibility index (Phi) is 5.21. The van der Waals surface area contributed by atoms with Crippen LogP contribution in [0.2, 0.25) is 0 Å². The van der Waals surface area contributed by atoms with Crippen LogP contribution in [-0.4, -0.2) is 22.8 Å². The van der Waals surface area contributed by atoms with Crippen molar-refractivity contribution in [2.75, 3.05) is 5.32 Å². The minimum atomic E-state index is -0.982. The number of aryl methyl sites for hydroxylation is 1. The third kappa shape index (κ3) is 3.90. The van der Waals surface area contributed by atoms with Crippen molar-refractivity contribution >= 4 is 11.6 Å². The van der Waals surface area contributed by atoms with Crippen LogP contribution in [0.5, 0.6) is 5.75 Å². The van der Waals surface area contributed by atoms with Gasteiger partial charge < -0.3 is 15.2 Å². The van der Waals surface area contributed by atoms with Gasteiger partial charge in [0.25, 0.3) is 0 Å². The molecule has 0 aliphatic carbocycles. The van der Waals surface area contributed by atoms with Gasteiger partial charge in [-0.25, -0.2) is 4.99 Å². The van der Waals surface area contributed by atoms with E-state index in [1.807, 2.05) is 37.4 Å². The molecule has 2 atom stereocenters. The minimum Gasteiger partial charge on any atom is -0.485 e. The second-order valence-electron chi connectivity index (χ2n) is 7.17. The van der Waals surface area contributed by atoms with Gasteiger partial charge in [0.15, 0.2) is 6.19 Å². The molecule has 3 N–H and O–H groups in total. The summed E-state index contributed by atoms with van der Waals surface area (Å²) >= 11 is 0. The molecular formula is C21H21N5O2.